The van der Waals surface area contributed by atoms with Gasteiger partial charge in [0.25, 0.3) is 0 Å². The third-order valence-corrected chi connectivity index (χ3v) is 5.90. The van der Waals surface area contributed by atoms with Gasteiger partial charge < -0.3 is 10.2 Å². The van der Waals surface area contributed by atoms with E-state index >= 15 is 0 Å². The van der Waals surface area contributed by atoms with Crippen molar-refractivity contribution in [1.29, 1.82) is 0 Å². The number of carboxylic acids is 1. The first kappa shape index (κ1) is 15.1. The van der Waals surface area contributed by atoms with Crippen LogP contribution in [0, 0.1) is 10.8 Å². The van der Waals surface area contributed by atoms with Gasteiger partial charge in [-0.25, -0.2) is 4.79 Å². The van der Waals surface area contributed by atoms with Crippen molar-refractivity contribution in [3.05, 3.63) is 70.4 Å². The zero-order valence-electron chi connectivity index (χ0n) is 13.5. The Bertz CT molecular complexity index is 877. The van der Waals surface area contributed by atoms with Gasteiger partial charge in [0, 0.05) is 17.3 Å². The Kier molecular flexibility index (Phi) is 2.86. The van der Waals surface area contributed by atoms with Gasteiger partial charge in [-0.15, -0.1) is 0 Å². The largest absolute Gasteiger partial charge is 0.478 e. The maximum Gasteiger partial charge on any atom is 0.332 e. The molecule has 0 heterocycles. The van der Waals surface area contributed by atoms with Gasteiger partial charge in [0.15, 0.2) is 5.78 Å². The van der Waals surface area contributed by atoms with E-state index < -0.39 is 22.9 Å². The Labute approximate surface area is 139 Å². The first-order chi connectivity index (χ1) is 11.3. The van der Waals surface area contributed by atoms with E-state index in [0.717, 1.165) is 22.3 Å². The molecule has 4 nitrogen and oxygen atoms in total. The standard InChI is InChI=1S/C20H18O4/c1-19-8-7-15-13(14(19)5-6-16(19)18(23)24)4-3-11-9-12(21)10-17(22)20(11,15)2/h3-9,17,22H,10H2,1-2H3,(H,23,24). The topological polar surface area (TPSA) is 74.6 Å². The molecule has 0 amide bonds. The molecule has 0 bridgehead atoms. The number of rotatable bonds is 1. The third kappa shape index (κ3) is 1.66. The molecule has 0 fully saturated rings. The Morgan fingerprint density at radius 3 is 2.67 bits per heavy atom. The summed E-state index contributed by atoms with van der Waals surface area (Å²) in [5.41, 5.74) is 2.66. The van der Waals surface area contributed by atoms with Gasteiger partial charge in [0.1, 0.15) is 0 Å². The maximum absolute atomic E-state index is 11.8. The lowest BCUT2D eigenvalue weighted by molar-refractivity contribution is -0.133. The van der Waals surface area contributed by atoms with Crippen LogP contribution in [0.2, 0.25) is 0 Å². The number of carbonyl (C=O) groups is 2. The van der Waals surface area contributed by atoms with Crippen LogP contribution in [0.1, 0.15) is 20.3 Å². The number of aliphatic carboxylic acids is 1. The number of hydrogen-bond acceptors (Lipinski definition) is 3. The fourth-order valence-electron chi connectivity index (χ4n) is 4.32. The SMILES string of the molecule is CC12C=CC3=C(C=CC4=CC(=O)CC(O)C43C)C1=CC=C2C(=O)O. The van der Waals surface area contributed by atoms with Crippen molar-refractivity contribution in [3.63, 3.8) is 0 Å². The molecule has 0 aromatic rings. The molecule has 122 valence electrons. The normalized spacial score (nSPS) is 36.5. The number of carbonyl (C=O) groups excluding carboxylic acids is 1. The van der Waals surface area contributed by atoms with Gasteiger partial charge in [-0.05, 0) is 42.2 Å². The number of ketones is 1. The lowest BCUT2D eigenvalue weighted by Crippen LogP contribution is -2.43. The van der Waals surface area contributed by atoms with E-state index in [0.29, 0.717) is 5.57 Å². The van der Waals surface area contributed by atoms with E-state index in [1.54, 1.807) is 12.2 Å². The van der Waals surface area contributed by atoms with E-state index in [-0.39, 0.29) is 12.2 Å². The molecule has 0 aromatic heterocycles. The molecule has 0 aliphatic heterocycles. The molecule has 0 saturated heterocycles. The van der Waals surface area contributed by atoms with Gasteiger partial charge in [-0.1, -0.05) is 36.5 Å². The van der Waals surface area contributed by atoms with Crippen molar-refractivity contribution >= 4 is 11.8 Å². The average Bonchev–Trinajstić information content (AvgIpc) is 2.86. The minimum atomic E-state index is -0.924. The van der Waals surface area contributed by atoms with Crippen molar-refractivity contribution in [2.45, 2.75) is 26.4 Å². The van der Waals surface area contributed by atoms with Crippen molar-refractivity contribution in [2.24, 2.45) is 10.8 Å². The second-order valence-corrected chi connectivity index (χ2v) is 7.15. The molecule has 4 aliphatic rings. The summed E-state index contributed by atoms with van der Waals surface area (Å²) < 4.78 is 0. The summed E-state index contributed by atoms with van der Waals surface area (Å²) in [5.74, 6) is -0.990. The summed E-state index contributed by atoms with van der Waals surface area (Å²) in [6, 6.07) is 0. The summed E-state index contributed by atoms with van der Waals surface area (Å²) in [6.07, 6.45) is 12.1. The van der Waals surface area contributed by atoms with Gasteiger partial charge in [0.05, 0.1) is 11.7 Å². The van der Waals surface area contributed by atoms with Gasteiger partial charge in [-0.2, -0.15) is 0 Å². The summed E-state index contributed by atoms with van der Waals surface area (Å²) in [5, 5.41) is 20.1. The van der Waals surface area contributed by atoms with Gasteiger partial charge in [0.2, 0.25) is 0 Å². The number of aliphatic hydroxyl groups is 1. The molecule has 0 aromatic carbocycles. The first-order valence-electron chi connectivity index (χ1n) is 8.00. The minimum Gasteiger partial charge on any atom is -0.478 e. The molecule has 2 N–H and O–H groups in total. The molecule has 4 aliphatic carbocycles. The highest BCUT2D eigenvalue weighted by Gasteiger charge is 2.49. The minimum absolute atomic E-state index is 0.0665. The lowest BCUT2D eigenvalue weighted by Gasteiger charge is -2.45. The number of allylic oxidation sites excluding steroid dienone is 9. The molecule has 4 rings (SSSR count). The molecule has 3 atom stereocenters. The summed E-state index contributed by atoms with van der Waals surface area (Å²) >= 11 is 0. The number of fused-ring (bicyclic) bond motifs is 4. The van der Waals surface area contributed by atoms with E-state index in [9.17, 15) is 19.8 Å². The smallest absolute Gasteiger partial charge is 0.332 e. The van der Waals surface area contributed by atoms with E-state index in [1.807, 2.05) is 44.2 Å². The predicted octanol–water partition coefficient (Wildman–Crippen LogP) is 2.65. The van der Waals surface area contributed by atoms with Crippen molar-refractivity contribution in [2.75, 3.05) is 0 Å². The fourth-order valence-corrected chi connectivity index (χ4v) is 4.32. The second-order valence-electron chi connectivity index (χ2n) is 7.15. The molecule has 0 spiro atoms. The van der Waals surface area contributed by atoms with Crippen molar-refractivity contribution < 1.29 is 19.8 Å². The maximum atomic E-state index is 11.8. The van der Waals surface area contributed by atoms with Crippen LogP contribution in [0.4, 0.5) is 0 Å². The van der Waals surface area contributed by atoms with E-state index in [1.165, 1.54) is 0 Å². The van der Waals surface area contributed by atoms with E-state index in [2.05, 4.69) is 0 Å². The van der Waals surface area contributed by atoms with Crippen LogP contribution in [-0.4, -0.2) is 28.1 Å². The Hall–Kier alpha value is -2.46. The monoisotopic (exact) mass is 322 g/mol. The summed E-state index contributed by atoms with van der Waals surface area (Å²) in [6.45, 7) is 3.84. The lowest BCUT2D eigenvalue weighted by atomic mass is 9.59. The zero-order chi connectivity index (χ0) is 17.3. The molecule has 0 saturated carbocycles. The number of carboxylic acid groups (broad SMARTS) is 1. The van der Waals surface area contributed by atoms with Crippen molar-refractivity contribution in [1.82, 2.24) is 0 Å². The van der Waals surface area contributed by atoms with Crippen LogP contribution >= 0.6 is 0 Å². The first-order valence-corrected chi connectivity index (χ1v) is 8.00. The van der Waals surface area contributed by atoms with Gasteiger partial charge >= 0.3 is 5.97 Å². The zero-order valence-corrected chi connectivity index (χ0v) is 13.5. The Morgan fingerprint density at radius 1 is 1.21 bits per heavy atom. The van der Waals surface area contributed by atoms with Crippen LogP contribution in [0.5, 0.6) is 0 Å². The Morgan fingerprint density at radius 2 is 1.96 bits per heavy atom. The Balaban J connectivity index is 1.88. The molecular formula is C20H18O4. The van der Waals surface area contributed by atoms with Crippen LogP contribution in [0.3, 0.4) is 0 Å². The highest BCUT2D eigenvalue weighted by Crippen LogP contribution is 2.56. The molecule has 24 heavy (non-hydrogen) atoms. The highest BCUT2D eigenvalue weighted by molar-refractivity contribution is 5.95. The van der Waals surface area contributed by atoms with Crippen LogP contribution < -0.4 is 0 Å². The average molecular weight is 322 g/mol. The van der Waals surface area contributed by atoms with Crippen LogP contribution in [0.25, 0.3) is 0 Å². The molecular weight excluding hydrogens is 304 g/mol. The highest BCUT2D eigenvalue weighted by atomic mass is 16.4. The fraction of sp³-hybridized carbons (Fsp3) is 0.300. The third-order valence-electron chi connectivity index (χ3n) is 5.90. The predicted molar refractivity (Wildman–Crippen MR) is 89.0 cm³/mol. The molecule has 3 unspecified atom stereocenters. The second kappa shape index (κ2) is 4.54. The number of hydrogen-bond donors (Lipinski definition) is 2. The van der Waals surface area contributed by atoms with Crippen LogP contribution in [-0.2, 0) is 9.59 Å². The van der Waals surface area contributed by atoms with Gasteiger partial charge in [-0.3, -0.25) is 4.79 Å². The van der Waals surface area contributed by atoms with E-state index in [4.69, 9.17) is 0 Å². The molecule has 0 radical (unpaired) electrons. The number of aliphatic hydroxyl groups excluding tert-OH is 1. The summed E-state index contributed by atoms with van der Waals surface area (Å²) in [7, 11) is 0. The van der Waals surface area contributed by atoms with Crippen molar-refractivity contribution in [3.8, 4) is 0 Å². The summed E-state index contributed by atoms with van der Waals surface area (Å²) in [4.78, 5) is 23.3. The molecule has 4 heteroatoms. The quantitative estimate of drug-likeness (QED) is 0.778. The van der Waals surface area contributed by atoms with Crippen LogP contribution in [0.15, 0.2) is 70.4 Å².